The van der Waals surface area contributed by atoms with E-state index < -0.39 is 0 Å². The van der Waals surface area contributed by atoms with Crippen LogP contribution in [0.2, 0.25) is 0 Å². The van der Waals surface area contributed by atoms with Crippen LogP contribution in [0.15, 0.2) is 41.4 Å². The van der Waals surface area contributed by atoms with Crippen molar-refractivity contribution in [1.82, 2.24) is 25.7 Å². The van der Waals surface area contributed by atoms with E-state index in [1.165, 1.54) is 5.69 Å². The quantitative estimate of drug-likeness (QED) is 0.215. The van der Waals surface area contributed by atoms with Crippen LogP contribution in [-0.2, 0) is 17.9 Å². The van der Waals surface area contributed by atoms with Crippen molar-refractivity contribution in [1.29, 1.82) is 0 Å². The lowest BCUT2D eigenvalue weighted by Crippen LogP contribution is -2.39. The number of nitrogens with zero attached hydrogens (tertiary/aromatic N) is 3. The molecule has 8 heteroatoms. The minimum Gasteiger partial charge on any atom is -0.357 e. The maximum absolute atomic E-state index is 12.0. The SMILES string of the molecule is CCNC(=NCC(=O)NCc1ccccc1)NCCCn1nc(C)cc1C.I. The molecule has 2 aromatic rings. The molecule has 0 saturated heterocycles. The Morgan fingerprint density at radius 2 is 1.89 bits per heavy atom. The minimum absolute atomic E-state index is 0. The normalized spacial score (nSPS) is 10.9. The van der Waals surface area contributed by atoms with E-state index in [2.05, 4.69) is 39.0 Å². The zero-order chi connectivity index (χ0) is 19.5. The van der Waals surface area contributed by atoms with Gasteiger partial charge in [0.1, 0.15) is 6.54 Å². The van der Waals surface area contributed by atoms with Gasteiger partial charge >= 0.3 is 0 Å². The smallest absolute Gasteiger partial charge is 0.242 e. The lowest BCUT2D eigenvalue weighted by molar-refractivity contribution is -0.119. The standard InChI is InChI=1S/C20H30N6O.HI/c1-4-21-20(22-11-8-12-26-17(3)13-16(2)25-26)24-15-19(27)23-14-18-9-6-5-7-10-18;/h5-7,9-10,13H,4,8,11-12,14-15H2,1-3H3,(H,23,27)(H2,21,22,24);1H. The Balaban J connectivity index is 0.00000392. The molecule has 0 radical (unpaired) electrons. The maximum Gasteiger partial charge on any atom is 0.242 e. The highest BCUT2D eigenvalue weighted by Gasteiger charge is 2.03. The van der Waals surface area contributed by atoms with Crippen LogP contribution in [0.5, 0.6) is 0 Å². The van der Waals surface area contributed by atoms with Crippen molar-refractivity contribution >= 4 is 35.8 Å². The molecule has 0 fully saturated rings. The number of hydrogen-bond donors (Lipinski definition) is 3. The van der Waals surface area contributed by atoms with Crippen LogP contribution in [0, 0.1) is 13.8 Å². The molecule has 2 rings (SSSR count). The molecule has 28 heavy (non-hydrogen) atoms. The van der Waals surface area contributed by atoms with Crippen LogP contribution in [0.4, 0.5) is 0 Å². The predicted molar refractivity (Wildman–Crippen MR) is 124 cm³/mol. The Morgan fingerprint density at radius 3 is 2.54 bits per heavy atom. The highest BCUT2D eigenvalue weighted by atomic mass is 127. The van der Waals surface area contributed by atoms with Gasteiger partial charge in [0.25, 0.3) is 0 Å². The fourth-order valence-corrected chi connectivity index (χ4v) is 2.68. The van der Waals surface area contributed by atoms with Crippen LogP contribution >= 0.6 is 24.0 Å². The zero-order valence-electron chi connectivity index (χ0n) is 16.9. The van der Waals surface area contributed by atoms with Crippen molar-refractivity contribution in [3.63, 3.8) is 0 Å². The molecule has 0 spiro atoms. The van der Waals surface area contributed by atoms with Crippen molar-refractivity contribution in [3.8, 4) is 0 Å². The average molecular weight is 498 g/mol. The molecule has 1 amide bonds. The summed E-state index contributed by atoms with van der Waals surface area (Å²) in [5, 5.41) is 13.8. The van der Waals surface area contributed by atoms with Gasteiger partial charge in [-0.3, -0.25) is 9.48 Å². The highest BCUT2D eigenvalue weighted by Crippen LogP contribution is 2.02. The molecule has 1 aromatic carbocycles. The first-order valence-electron chi connectivity index (χ1n) is 9.42. The fraction of sp³-hybridized carbons (Fsp3) is 0.450. The molecule has 0 aliphatic rings. The third kappa shape index (κ3) is 8.73. The number of aliphatic imine (C=N–C) groups is 1. The van der Waals surface area contributed by atoms with Crippen molar-refractivity contribution in [2.45, 2.75) is 40.3 Å². The van der Waals surface area contributed by atoms with Crippen molar-refractivity contribution in [3.05, 3.63) is 53.3 Å². The zero-order valence-corrected chi connectivity index (χ0v) is 19.2. The number of amides is 1. The number of carbonyl (C=O) groups is 1. The summed E-state index contributed by atoms with van der Waals surface area (Å²) < 4.78 is 2.01. The van der Waals surface area contributed by atoms with Gasteiger partial charge in [-0.2, -0.15) is 5.10 Å². The molecule has 154 valence electrons. The molecule has 1 aromatic heterocycles. The first-order chi connectivity index (χ1) is 13.1. The molecule has 0 saturated carbocycles. The van der Waals surface area contributed by atoms with Gasteiger partial charge < -0.3 is 16.0 Å². The largest absolute Gasteiger partial charge is 0.357 e. The summed E-state index contributed by atoms with van der Waals surface area (Å²) in [4.78, 5) is 16.3. The van der Waals surface area contributed by atoms with Crippen LogP contribution in [0.25, 0.3) is 0 Å². The van der Waals surface area contributed by atoms with Crippen molar-refractivity contribution in [2.75, 3.05) is 19.6 Å². The summed E-state index contributed by atoms with van der Waals surface area (Å²) in [7, 11) is 0. The summed E-state index contributed by atoms with van der Waals surface area (Å²) in [6.45, 7) is 9.03. The molecule has 0 aliphatic carbocycles. The molecule has 1 heterocycles. The van der Waals surface area contributed by atoms with E-state index in [0.29, 0.717) is 12.5 Å². The number of rotatable bonds is 9. The maximum atomic E-state index is 12.0. The lowest BCUT2D eigenvalue weighted by Gasteiger charge is -2.12. The Bertz CT molecular complexity index is 744. The van der Waals surface area contributed by atoms with Crippen molar-refractivity contribution < 1.29 is 4.79 Å². The fourth-order valence-electron chi connectivity index (χ4n) is 2.68. The highest BCUT2D eigenvalue weighted by molar-refractivity contribution is 14.0. The van der Waals surface area contributed by atoms with Gasteiger partial charge in [-0.15, -0.1) is 24.0 Å². The second-order valence-corrected chi connectivity index (χ2v) is 6.39. The van der Waals surface area contributed by atoms with E-state index >= 15 is 0 Å². The van der Waals surface area contributed by atoms with Gasteiger partial charge in [0.05, 0.1) is 5.69 Å². The predicted octanol–water partition coefficient (Wildman–Crippen LogP) is 2.38. The van der Waals surface area contributed by atoms with Gasteiger partial charge in [0.2, 0.25) is 5.91 Å². The Morgan fingerprint density at radius 1 is 1.14 bits per heavy atom. The molecule has 0 unspecified atom stereocenters. The Labute approximate surface area is 184 Å². The molecular weight excluding hydrogens is 467 g/mol. The Hall–Kier alpha value is -2.10. The summed E-state index contributed by atoms with van der Waals surface area (Å²) in [6.07, 6.45) is 0.923. The molecule has 0 aliphatic heterocycles. The summed E-state index contributed by atoms with van der Waals surface area (Å²) in [5.74, 6) is 0.555. The van der Waals surface area contributed by atoms with Gasteiger partial charge in [-0.25, -0.2) is 4.99 Å². The van der Waals surface area contributed by atoms with E-state index in [1.54, 1.807) is 0 Å². The monoisotopic (exact) mass is 498 g/mol. The summed E-state index contributed by atoms with van der Waals surface area (Å²) in [6, 6.07) is 11.9. The number of nitrogens with one attached hydrogen (secondary N) is 3. The number of aryl methyl sites for hydroxylation is 3. The summed E-state index contributed by atoms with van der Waals surface area (Å²) in [5.41, 5.74) is 3.28. The first kappa shape index (κ1) is 23.9. The third-order valence-electron chi connectivity index (χ3n) is 4.00. The van der Waals surface area contributed by atoms with Crippen LogP contribution in [-0.4, -0.2) is 41.3 Å². The summed E-state index contributed by atoms with van der Waals surface area (Å²) >= 11 is 0. The number of aromatic nitrogens is 2. The number of benzene rings is 1. The molecule has 0 bridgehead atoms. The number of halogens is 1. The first-order valence-corrected chi connectivity index (χ1v) is 9.42. The third-order valence-corrected chi connectivity index (χ3v) is 4.00. The molecule has 3 N–H and O–H groups in total. The van der Waals surface area contributed by atoms with Crippen LogP contribution in [0.1, 0.15) is 30.3 Å². The van der Waals surface area contributed by atoms with Gasteiger partial charge in [-0.05, 0) is 38.8 Å². The second kappa shape index (κ2) is 13.1. The van der Waals surface area contributed by atoms with E-state index in [-0.39, 0.29) is 36.4 Å². The molecular formula is C20H31IN6O. The van der Waals surface area contributed by atoms with Crippen LogP contribution < -0.4 is 16.0 Å². The van der Waals surface area contributed by atoms with Crippen molar-refractivity contribution in [2.24, 2.45) is 4.99 Å². The van der Waals surface area contributed by atoms with Gasteiger partial charge in [0.15, 0.2) is 5.96 Å². The number of guanidine groups is 1. The second-order valence-electron chi connectivity index (χ2n) is 6.39. The van der Waals surface area contributed by atoms with E-state index in [1.807, 2.05) is 48.9 Å². The number of hydrogen-bond acceptors (Lipinski definition) is 3. The Kier molecular flexibility index (Phi) is 11.2. The van der Waals surface area contributed by atoms with Gasteiger partial charge in [-0.1, -0.05) is 30.3 Å². The molecule has 7 nitrogen and oxygen atoms in total. The van der Waals surface area contributed by atoms with E-state index in [9.17, 15) is 4.79 Å². The van der Waals surface area contributed by atoms with Crippen LogP contribution in [0.3, 0.4) is 0 Å². The molecule has 0 atom stereocenters. The lowest BCUT2D eigenvalue weighted by atomic mass is 10.2. The van der Waals surface area contributed by atoms with E-state index in [4.69, 9.17) is 0 Å². The minimum atomic E-state index is -0.0984. The van der Waals surface area contributed by atoms with E-state index in [0.717, 1.165) is 37.3 Å². The average Bonchev–Trinajstić information content (AvgIpc) is 2.99. The topological polar surface area (TPSA) is 83.3 Å². The van der Waals surface area contributed by atoms with Gasteiger partial charge in [0, 0.05) is 31.9 Å². The number of carbonyl (C=O) groups excluding carboxylic acids is 1.